The predicted molar refractivity (Wildman–Crippen MR) is 80.3 cm³/mol. The molecule has 3 rings (SSSR count). The van der Waals surface area contributed by atoms with E-state index in [0.29, 0.717) is 5.69 Å². The number of hydrogen-bond donors (Lipinski definition) is 3. The summed E-state index contributed by atoms with van der Waals surface area (Å²) in [5.74, 6) is 0.912. The molecule has 4 heteroatoms. The van der Waals surface area contributed by atoms with Gasteiger partial charge < -0.3 is 15.8 Å². The fraction of sp³-hybridized carbons (Fsp3) is 0.0625. The van der Waals surface area contributed by atoms with E-state index < -0.39 is 0 Å². The van der Waals surface area contributed by atoms with Crippen LogP contribution in [0.2, 0.25) is 0 Å². The Balaban J connectivity index is 2.07. The lowest BCUT2D eigenvalue weighted by Gasteiger charge is -2.02. The van der Waals surface area contributed by atoms with E-state index in [1.807, 2.05) is 43.3 Å². The van der Waals surface area contributed by atoms with Gasteiger partial charge in [0.25, 0.3) is 0 Å². The van der Waals surface area contributed by atoms with Gasteiger partial charge in [-0.3, -0.25) is 0 Å². The largest absolute Gasteiger partial charge is 0.506 e. The summed E-state index contributed by atoms with van der Waals surface area (Å²) in [4.78, 5) is 7.91. The minimum atomic E-state index is 0.0882. The van der Waals surface area contributed by atoms with Gasteiger partial charge >= 0.3 is 0 Å². The smallest absolute Gasteiger partial charge is 0.138 e. The summed E-state index contributed by atoms with van der Waals surface area (Å²) in [6.45, 7) is 1.97. The van der Waals surface area contributed by atoms with Crippen LogP contribution in [0.5, 0.6) is 5.75 Å². The number of nitrogens with zero attached hydrogens (tertiary/aromatic N) is 1. The first-order chi connectivity index (χ1) is 9.65. The Hall–Kier alpha value is -2.75. The SMILES string of the molecule is Cc1[nH]c(-c2ccccc2)nc1-c1ccc(O)c(N)c1. The fourth-order valence-electron chi connectivity index (χ4n) is 2.18. The summed E-state index contributed by atoms with van der Waals surface area (Å²) in [7, 11) is 0. The van der Waals surface area contributed by atoms with Crippen molar-refractivity contribution in [2.24, 2.45) is 0 Å². The Bertz CT molecular complexity index is 748. The number of anilines is 1. The Kier molecular flexibility index (Phi) is 2.91. The van der Waals surface area contributed by atoms with Crippen molar-refractivity contribution in [3.63, 3.8) is 0 Å². The molecule has 0 atom stereocenters. The van der Waals surface area contributed by atoms with Gasteiger partial charge in [0, 0.05) is 16.8 Å². The zero-order valence-electron chi connectivity index (χ0n) is 11.1. The minimum Gasteiger partial charge on any atom is -0.506 e. The van der Waals surface area contributed by atoms with Crippen LogP contribution in [0.1, 0.15) is 5.69 Å². The number of aromatic nitrogens is 2. The average molecular weight is 265 g/mol. The molecule has 0 amide bonds. The first-order valence-corrected chi connectivity index (χ1v) is 6.36. The number of imidazole rings is 1. The van der Waals surface area contributed by atoms with Crippen molar-refractivity contribution in [1.29, 1.82) is 0 Å². The lowest BCUT2D eigenvalue weighted by atomic mass is 10.1. The number of phenolic OH excluding ortho intramolecular Hbond substituents is 1. The number of nitrogens with one attached hydrogen (secondary N) is 1. The van der Waals surface area contributed by atoms with Gasteiger partial charge in [0.1, 0.15) is 11.6 Å². The number of H-pyrrole nitrogens is 1. The lowest BCUT2D eigenvalue weighted by Crippen LogP contribution is -1.88. The van der Waals surface area contributed by atoms with Gasteiger partial charge in [0.15, 0.2) is 0 Å². The molecule has 3 aromatic rings. The maximum absolute atomic E-state index is 9.49. The van der Waals surface area contributed by atoms with Crippen molar-refractivity contribution in [2.45, 2.75) is 6.92 Å². The predicted octanol–water partition coefficient (Wildman–Crippen LogP) is 3.34. The van der Waals surface area contributed by atoms with Crippen molar-refractivity contribution in [2.75, 3.05) is 5.73 Å². The van der Waals surface area contributed by atoms with E-state index in [-0.39, 0.29) is 5.75 Å². The summed E-state index contributed by atoms with van der Waals surface area (Å²) < 4.78 is 0. The fourth-order valence-corrected chi connectivity index (χ4v) is 2.18. The quantitative estimate of drug-likeness (QED) is 0.491. The van der Waals surface area contributed by atoms with Crippen LogP contribution in [0.25, 0.3) is 22.6 Å². The number of aromatic hydroxyl groups is 1. The highest BCUT2D eigenvalue weighted by atomic mass is 16.3. The Morgan fingerprint density at radius 3 is 2.50 bits per heavy atom. The molecule has 0 saturated carbocycles. The third-order valence-corrected chi connectivity index (χ3v) is 3.23. The van der Waals surface area contributed by atoms with Crippen molar-refractivity contribution in [3.05, 3.63) is 54.2 Å². The van der Waals surface area contributed by atoms with Crippen molar-refractivity contribution in [1.82, 2.24) is 9.97 Å². The van der Waals surface area contributed by atoms with E-state index in [4.69, 9.17) is 5.73 Å². The molecule has 4 nitrogen and oxygen atoms in total. The summed E-state index contributed by atoms with van der Waals surface area (Å²) in [5.41, 5.74) is 9.82. The zero-order valence-corrected chi connectivity index (χ0v) is 11.1. The third-order valence-electron chi connectivity index (χ3n) is 3.23. The van der Waals surface area contributed by atoms with E-state index in [2.05, 4.69) is 9.97 Å². The number of phenols is 1. The topological polar surface area (TPSA) is 74.9 Å². The molecule has 100 valence electrons. The van der Waals surface area contributed by atoms with Crippen LogP contribution in [0.3, 0.4) is 0 Å². The second-order valence-electron chi connectivity index (χ2n) is 4.70. The normalized spacial score (nSPS) is 10.7. The van der Waals surface area contributed by atoms with Gasteiger partial charge in [-0.05, 0) is 25.1 Å². The Morgan fingerprint density at radius 1 is 1.05 bits per heavy atom. The molecule has 1 aromatic heterocycles. The van der Waals surface area contributed by atoms with Crippen LogP contribution in [-0.4, -0.2) is 15.1 Å². The van der Waals surface area contributed by atoms with Gasteiger partial charge in [0.2, 0.25) is 0 Å². The molecule has 0 aliphatic carbocycles. The maximum Gasteiger partial charge on any atom is 0.138 e. The van der Waals surface area contributed by atoms with Gasteiger partial charge in [-0.25, -0.2) is 4.98 Å². The first-order valence-electron chi connectivity index (χ1n) is 6.36. The molecule has 0 unspecified atom stereocenters. The standard InChI is InChI=1S/C16H15N3O/c1-10-15(12-7-8-14(20)13(17)9-12)19-16(18-10)11-5-3-2-4-6-11/h2-9,20H,17H2,1H3,(H,18,19). The molecule has 0 radical (unpaired) electrons. The van der Waals surface area contributed by atoms with E-state index in [9.17, 15) is 5.11 Å². The van der Waals surface area contributed by atoms with Crippen LogP contribution < -0.4 is 5.73 Å². The van der Waals surface area contributed by atoms with Crippen LogP contribution in [0.4, 0.5) is 5.69 Å². The highest BCUT2D eigenvalue weighted by molar-refractivity contribution is 5.72. The maximum atomic E-state index is 9.49. The summed E-state index contributed by atoms with van der Waals surface area (Å²) in [5, 5.41) is 9.49. The van der Waals surface area contributed by atoms with Crippen molar-refractivity contribution < 1.29 is 5.11 Å². The molecule has 2 aromatic carbocycles. The van der Waals surface area contributed by atoms with Crippen molar-refractivity contribution >= 4 is 5.69 Å². The second kappa shape index (κ2) is 4.74. The Morgan fingerprint density at radius 2 is 1.80 bits per heavy atom. The van der Waals surface area contributed by atoms with Crippen LogP contribution in [0, 0.1) is 6.92 Å². The van der Waals surface area contributed by atoms with Crippen molar-refractivity contribution in [3.8, 4) is 28.4 Å². The number of aromatic amines is 1. The van der Waals surface area contributed by atoms with Gasteiger partial charge in [-0.15, -0.1) is 0 Å². The molecule has 0 bridgehead atoms. The van der Waals surface area contributed by atoms with Crippen LogP contribution >= 0.6 is 0 Å². The van der Waals surface area contributed by atoms with Crippen LogP contribution in [0.15, 0.2) is 48.5 Å². The number of hydrogen-bond acceptors (Lipinski definition) is 3. The number of aryl methyl sites for hydroxylation is 1. The molecular weight excluding hydrogens is 250 g/mol. The third kappa shape index (κ3) is 2.12. The highest BCUT2D eigenvalue weighted by Gasteiger charge is 2.11. The molecule has 0 spiro atoms. The number of nitrogens with two attached hydrogens (primary N) is 1. The van der Waals surface area contributed by atoms with E-state index in [1.165, 1.54) is 0 Å². The molecule has 20 heavy (non-hydrogen) atoms. The first kappa shape index (κ1) is 12.3. The minimum absolute atomic E-state index is 0.0882. The number of benzene rings is 2. The van der Waals surface area contributed by atoms with Crippen LogP contribution in [-0.2, 0) is 0 Å². The summed E-state index contributed by atoms with van der Waals surface area (Å²) in [6, 6.07) is 15.1. The van der Waals surface area contributed by atoms with Gasteiger partial charge in [0.05, 0.1) is 11.4 Å². The lowest BCUT2D eigenvalue weighted by molar-refractivity contribution is 0.478. The second-order valence-corrected chi connectivity index (χ2v) is 4.70. The zero-order chi connectivity index (χ0) is 14.1. The van der Waals surface area contributed by atoms with Gasteiger partial charge in [-0.2, -0.15) is 0 Å². The molecule has 0 saturated heterocycles. The summed E-state index contributed by atoms with van der Waals surface area (Å²) in [6.07, 6.45) is 0. The number of rotatable bonds is 2. The summed E-state index contributed by atoms with van der Waals surface area (Å²) >= 11 is 0. The molecule has 0 fully saturated rings. The molecular formula is C16H15N3O. The van der Waals surface area contributed by atoms with E-state index in [0.717, 1.165) is 28.3 Å². The van der Waals surface area contributed by atoms with Gasteiger partial charge in [-0.1, -0.05) is 30.3 Å². The molecule has 4 N–H and O–H groups in total. The number of nitrogen functional groups attached to an aromatic ring is 1. The monoisotopic (exact) mass is 265 g/mol. The average Bonchev–Trinajstić information content (AvgIpc) is 2.85. The van der Waals surface area contributed by atoms with E-state index in [1.54, 1.807) is 12.1 Å². The molecule has 1 heterocycles. The molecule has 0 aliphatic heterocycles. The highest BCUT2D eigenvalue weighted by Crippen LogP contribution is 2.30. The molecule has 0 aliphatic rings. The van der Waals surface area contributed by atoms with E-state index >= 15 is 0 Å². The Labute approximate surface area is 116 Å².